The molecule has 0 rings (SSSR count). The van der Waals surface area contributed by atoms with Crippen LogP contribution in [0.2, 0.25) is 0 Å². The molecule has 0 aliphatic carbocycles. The van der Waals surface area contributed by atoms with Gasteiger partial charge < -0.3 is 50.5 Å². The topological polar surface area (TPSA) is 215 Å². The largest absolute Gasteiger partial charge is 0.366 e. The van der Waals surface area contributed by atoms with Crippen LogP contribution in [0.15, 0.2) is 24.3 Å². The fraction of sp³-hybridized carbons (Fsp3) is 0.963. The van der Waals surface area contributed by atoms with Gasteiger partial charge in [0.1, 0.15) is 0 Å². The molecule has 0 aliphatic rings. The Labute approximate surface area is 781 Å². The van der Waals surface area contributed by atoms with E-state index in [2.05, 4.69) is 112 Å². The fourth-order valence-corrected chi connectivity index (χ4v) is 15.8. The van der Waals surface area contributed by atoms with Crippen molar-refractivity contribution in [2.75, 3.05) is 198 Å². The van der Waals surface area contributed by atoms with Crippen LogP contribution >= 0.6 is 0 Å². The Hall–Kier alpha value is -1.24. The summed E-state index contributed by atoms with van der Waals surface area (Å²) in [5.74, 6) is 0. The number of nitrogens with one attached hydrogen (secondary N) is 6. The molecule has 0 unspecified atom stereocenters. The van der Waals surface area contributed by atoms with Gasteiger partial charge in [-0.1, -0.05) is 400 Å². The highest BCUT2D eigenvalue weighted by Gasteiger charge is 2.09. The third-order valence-electron chi connectivity index (χ3n) is 24.1. The number of unbranched alkanes of at least 4 members (excludes halogenated alkanes) is 58. The lowest BCUT2D eigenvalue weighted by Gasteiger charge is -2.22. The molecular weight excluding hydrogens is 1550 g/mol. The molecule has 752 valence electrons. The van der Waals surface area contributed by atoms with Crippen LogP contribution in [0.25, 0.3) is 0 Å². The maximum absolute atomic E-state index is 5.86. The molecule has 0 amide bonds. The summed E-state index contributed by atoms with van der Waals surface area (Å²) in [6.07, 6.45) is 100. The second kappa shape index (κ2) is 125. The van der Waals surface area contributed by atoms with Gasteiger partial charge in [-0.2, -0.15) is 0 Å². The molecule has 0 spiro atoms. The first-order chi connectivity index (χ1) is 62.0. The second-order valence-electron chi connectivity index (χ2n) is 36.5. The number of nitrogens with two attached hydrogens (primary N) is 3. The number of hydrogen-bond acceptors (Lipinski definition) is 18. The molecule has 0 saturated heterocycles. The summed E-state index contributed by atoms with van der Waals surface area (Å²) in [5.41, 5.74) is 17.5. The third-order valence-corrected chi connectivity index (χ3v) is 24.1. The van der Waals surface area contributed by atoms with Gasteiger partial charge >= 0.3 is 0 Å². The number of hydrogen-bond donors (Lipinski definition) is 9. The molecule has 0 aromatic heterocycles. The standard InChI is InChI=1S/C43H88N4O2.C34H74N4O2.C30H66N4O2/c1-3-5-7-9-11-13-15-17-19-21-23-25-27-29-31-40-48-42-45-35-33-37-47(38-34-44)39-36-46-43-49-41-32-30-28-26-24-22-20-18-16-14-12-10-8-6-4-2;1-3-5-7-9-11-13-15-17-19-21-23-31-39-33-36-26-29-38(28-25-35)30-27-37-34-40-32-24-22-20-18-16-14-12-10-8-6-4-2;1-3-5-7-9-11-13-15-17-19-27-35-29-32-22-25-34(24-21-31)26-23-33-30-36-28-20-18-16-14-12-10-8-6-4-2/h17-20,45-46H,3-16,21-44H2,1-2H3;36-37H,3-35H2,1-2H3;32-33H,3-31H2,1-2H3/b19-17-,20-18-;;. The lowest BCUT2D eigenvalue weighted by atomic mass is 10.1. The Morgan fingerprint density at radius 3 is 0.496 bits per heavy atom. The third kappa shape index (κ3) is 123. The van der Waals surface area contributed by atoms with Gasteiger partial charge in [0, 0.05) is 144 Å². The molecule has 0 radical (unpaired) electrons. The van der Waals surface area contributed by atoms with Crippen molar-refractivity contribution in [3.63, 3.8) is 0 Å². The fourth-order valence-electron chi connectivity index (χ4n) is 15.8. The van der Waals surface area contributed by atoms with Crippen LogP contribution in [0.3, 0.4) is 0 Å². The summed E-state index contributed by atoms with van der Waals surface area (Å²) < 4.78 is 34.6. The Bertz CT molecular complexity index is 1810. The summed E-state index contributed by atoms with van der Waals surface area (Å²) in [5, 5.41) is 20.5. The highest BCUT2D eigenvalue weighted by molar-refractivity contribution is 4.82. The van der Waals surface area contributed by atoms with Gasteiger partial charge in [-0.05, 0) is 109 Å². The number of allylic oxidation sites excluding steroid dienone is 4. The highest BCUT2D eigenvalue weighted by Crippen LogP contribution is 2.17. The predicted molar refractivity (Wildman–Crippen MR) is 551 cm³/mol. The Balaban J connectivity index is -0.00000181. The normalized spacial score (nSPS) is 11.8. The SMILES string of the molecule is CCCCCCCC/C=C\CCCCCCCOCNCCCN(CCN)CCNCOCCCCCCC/C=C\CCCCCCCC.CCCCCCCCCCCCCOCNCCN(CCN)CCNCOCCCCCCCCCCCCC.CCCCCCCCCCCOCNCCN(CCN)CCNCOCCCCCCCCCCC. The Morgan fingerprint density at radius 2 is 0.320 bits per heavy atom. The van der Waals surface area contributed by atoms with E-state index in [0.717, 1.165) is 144 Å². The summed E-state index contributed by atoms with van der Waals surface area (Å²) >= 11 is 0. The van der Waals surface area contributed by atoms with Crippen LogP contribution in [0, 0.1) is 0 Å². The number of rotatable bonds is 111. The zero-order valence-corrected chi connectivity index (χ0v) is 85.4. The minimum atomic E-state index is 0.648. The maximum Gasteiger partial charge on any atom is 0.0965 e. The molecule has 18 nitrogen and oxygen atoms in total. The summed E-state index contributed by atoms with van der Waals surface area (Å²) in [6.45, 7) is 39.5. The van der Waals surface area contributed by atoms with Crippen molar-refractivity contribution < 1.29 is 28.4 Å². The van der Waals surface area contributed by atoms with Crippen LogP contribution < -0.4 is 49.1 Å². The van der Waals surface area contributed by atoms with E-state index in [1.54, 1.807) is 0 Å². The smallest absolute Gasteiger partial charge is 0.0965 e. The molecule has 12 N–H and O–H groups in total. The zero-order chi connectivity index (χ0) is 90.6. The first-order valence-corrected chi connectivity index (χ1v) is 55.3. The molecule has 0 aliphatic heterocycles. The Kier molecular flexibility index (Phi) is 128. The van der Waals surface area contributed by atoms with E-state index in [9.17, 15) is 0 Å². The van der Waals surface area contributed by atoms with E-state index in [1.807, 2.05) is 0 Å². The van der Waals surface area contributed by atoms with Crippen molar-refractivity contribution in [1.82, 2.24) is 46.6 Å². The minimum absolute atomic E-state index is 0.648. The summed E-state index contributed by atoms with van der Waals surface area (Å²) in [4.78, 5) is 7.26. The lowest BCUT2D eigenvalue weighted by molar-refractivity contribution is 0.106. The van der Waals surface area contributed by atoms with Crippen LogP contribution in [0.4, 0.5) is 0 Å². The van der Waals surface area contributed by atoms with E-state index < -0.39 is 0 Å². The second-order valence-corrected chi connectivity index (χ2v) is 36.5. The molecule has 0 fully saturated rings. The van der Waals surface area contributed by atoms with Crippen LogP contribution in [0.1, 0.15) is 472 Å². The Morgan fingerprint density at radius 1 is 0.168 bits per heavy atom. The summed E-state index contributed by atoms with van der Waals surface area (Å²) in [6, 6.07) is 0. The minimum Gasteiger partial charge on any atom is -0.366 e. The van der Waals surface area contributed by atoms with Crippen LogP contribution in [0.5, 0.6) is 0 Å². The van der Waals surface area contributed by atoms with Crippen molar-refractivity contribution in [3.05, 3.63) is 24.3 Å². The van der Waals surface area contributed by atoms with E-state index in [1.165, 1.54) is 424 Å². The zero-order valence-electron chi connectivity index (χ0n) is 85.4. The lowest BCUT2D eigenvalue weighted by Crippen LogP contribution is -2.40. The quantitative estimate of drug-likeness (QED) is 0.0157. The van der Waals surface area contributed by atoms with E-state index in [0.29, 0.717) is 60.0 Å². The average Bonchev–Trinajstić information content (AvgIpc) is 1.01. The van der Waals surface area contributed by atoms with Crippen molar-refractivity contribution in [2.24, 2.45) is 17.2 Å². The van der Waals surface area contributed by atoms with Crippen molar-refractivity contribution in [2.45, 2.75) is 472 Å². The van der Waals surface area contributed by atoms with Gasteiger partial charge in [-0.3, -0.25) is 41.7 Å². The van der Waals surface area contributed by atoms with E-state index in [-0.39, 0.29) is 0 Å². The van der Waals surface area contributed by atoms with Gasteiger partial charge in [0.05, 0.1) is 40.4 Å². The van der Waals surface area contributed by atoms with Gasteiger partial charge in [0.25, 0.3) is 0 Å². The van der Waals surface area contributed by atoms with Gasteiger partial charge in [-0.25, -0.2) is 0 Å². The maximum atomic E-state index is 5.86. The molecular formula is C107H228N12O6. The first kappa shape index (κ1) is 128. The van der Waals surface area contributed by atoms with Crippen molar-refractivity contribution in [1.29, 1.82) is 0 Å². The molecule has 0 saturated carbocycles. The van der Waals surface area contributed by atoms with Gasteiger partial charge in [-0.15, -0.1) is 0 Å². The average molecular weight is 1780 g/mol. The summed E-state index contributed by atoms with van der Waals surface area (Å²) in [7, 11) is 0. The van der Waals surface area contributed by atoms with Crippen molar-refractivity contribution >= 4 is 0 Å². The molecule has 0 aromatic carbocycles. The monoisotopic (exact) mass is 1780 g/mol. The number of nitrogens with zero attached hydrogens (tertiary/aromatic N) is 3. The van der Waals surface area contributed by atoms with Gasteiger partial charge in [0.2, 0.25) is 0 Å². The van der Waals surface area contributed by atoms with Crippen LogP contribution in [-0.2, 0) is 28.4 Å². The molecule has 0 bridgehead atoms. The van der Waals surface area contributed by atoms with Crippen molar-refractivity contribution in [3.8, 4) is 0 Å². The first-order valence-electron chi connectivity index (χ1n) is 55.3. The molecule has 0 atom stereocenters. The number of ether oxygens (including phenoxy) is 6. The molecule has 125 heavy (non-hydrogen) atoms. The highest BCUT2D eigenvalue weighted by atomic mass is 16.5. The van der Waals surface area contributed by atoms with Gasteiger partial charge in [0.15, 0.2) is 0 Å². The van der Waals surface area contributed by atoms with Crippen LogP contribution in [-0.4, -0.2) is 213 Å². The van der Waals surface area contributed by atoms with E-state index >= 15 is 0 Å². The van der Waals surface area contributed by atoms with E-state index in [4.69, 9.17) is 45.6 Å². The molecule has 0 aromatic rings. The molecule has 0 heterocycles. The predicted octanol–water partition coefficient (Wildman–Crippen LogP) is 25.5. The molecule has 18 heteroatoms.